The van der Waals surface area contributed by atoms with Gasteiger partial charge in [0.15, 0.2) is 0 Å². The number of aromatic nitrogens is 2. The number of piperidine rings is 1. The van der Waals surface area contributed by atoms with E-state index in [0.29, 0.717) is 49.2 Å². The summed E-state index contributed by atoms with van der Waals surface area (Å²) in [5, 5.41) is 33.6. The molecule has 0 radical (unpaired) electrons. The molecule has 0 bridgehead atoms. The van der Waals surface area contributed by atoms with Crippen LogP contribution in [0.5, 0.6) is 0 Å². The number of halogens is 1. The second-order valence-corrected chi connectivity index (χ2v) is 8.23. The smallest absolute Gasteiger partial charge is 0.146 e. The van der Waals surface area contributed by atoms with Crippen molar-refractivity contribution in [3.8, 4) is 6.07 Å². The van der Waals surface area contributed by atoms with Gasteiger partial charge in [0, 0.05) is 42.5 Å². The number of aliphatic hydroxyl groups excluding tert-OH is 1. The Bertz CT molecular complexity index is 1150. The largest absolute Gasteiger partial charge is 0.395 e. The van der Waals surface area contributed by atoms with E-state index in [2.05, 4.69) is 20.2 Å². The maximum absolute atomic E-state index is 14.6. The Morgan fingerprint density at radius 3 is 2.78 bits per heavy atom. The highest BCUT2D eigenvalue weighted by Gasteiger charge is 2.35. The molecule has 0 saturated carbocycles. The van der Waals surface area contributed by atoms with Crippen molar-refractivity contribution in [3.63, 3.8) is 0 Å². The molecule has 0 amide bonds. The number of hydrogen-bond donors (Lipinski definition) is 3. The van der Waals surface area contributed by atoms with Crippen LogP contribution in [0.3, 0.4) is 0 Å². The number of rotatable bonds is 6. The lowest BCUT2D eigenvalue weighted by Gasteiger charge is -2.37. The van der Waals surface area contributed by atoms with Crippen LogP contribution in [-0.4, -0.2) is 51.3 Å². The number of anilines is 1. The van der Waals surface area contributed by atoms with Crippen LogP contribution in [0.2, 0.25) is 0 Å². The molecule has 3 heterocycles. The minimum Gasteiger partial charge on any atom is -0.395 e. The number of benzene rings is 1. The van der Waals surface area contributed by atoms with E-state index in [1.54, 1.807) is 24.5 Å². The number of likely N-dealkylation sites (tertiary alicyclic amines) is 1. The first-order chi connectivity index (χ1) is 15.4. The van der Waals surface area contributed by atoms with Gasteiger partial charge in [-0.3, -0.25) is 9.97 Å². The van der Waals surface area contributed by atoms with E-state index in [1.165, 1.54) is 6.07 Å². The highest BCUT2D eigenvalue weighted by atomic mass is 19.1. The molecular weight excluding hydrogens is 409 g/mol. The molecule has 4 rings (SSSR count). The fourth-order valence-electron chi connectivity index (χ4n) is 4.25. The third-order valence-electron chi connectivity index (χ3n) is 6.19. The standard InChI is InChI=1S/C24H26FN5O2/c1-16(18-4-2-3-17(14-26)23(18)25)29-20-5-8-27-21-15-28-22(13-19(20)21)24(32)6-9-30(10-7-24)11-12-31/h2-5,8,13,15-16,31-32H,6-7,9-12H2,1H3,(H,27,29)/t16-/m1/s1. The number of nitrogens with zero attached hydrogens (tertiary/aromatic N) is 4. The van der Waals surface area contributed by atoms with E-state index in [9.17, 15) is 9.50 Å². The summed E-state index contributed by atoms with van der Waals surface area (Å²) in [5.41, 5.74) is 1.35. The normalized spacial score (nSPS) is 17.1. The van der Waals surface area contributed by atoms with Crippen LogP contribution in [0.1, 0.15) is 42.6 Å². The van der Waals surface area contributed by atoms with Crippen molar-refractivity contribution in [1.29, 1.82) is 5.26 Å². The van der Waals surface area contributed by atoms with Gasteiger partial charge in [-0.15, -0.1) is 0 Å². The van der Waals surface area contributed by atoms with E-state index in [4.69, 9.17) is 10.4 Å². The van der Waals surface area contributed by atoms with Crippen LogP contribution >= 0.6 is 0 Å². The molecule has 2 aromatic heterocycles. The van der Waals surface area contributed by atoms with Crippen LogP contribution in [0.15, 0.2) is 42.7 Å². The first-order valence-electron chi connectivity index (χ1n) is 10.7. The number of β-amino-alcohol motifs (C(OH)–C–C–N with tert-alkyl or cyclic N) is 1. The zero-order chi connectivity index (χ0) is 22.7. The van der Waals surface area contributed by atoms with Gasteiger partial charge in [0.1, 0.15) is 17.5 Å². The van der Waals surface area contributed by atoms with Gasteiger partial charge in [-0.05, 0) is 38.0 Å². The molecule has 1 atom stereocenters. The van der Waals surface area contributed by atoms with Crippen LogP contribution in [0, 0.1) is 17.1 Å². The van der Waals surface area contributed by atoms with Gasteiger partial charge in [0.25, 0.3) is 0 Å². The molecule has 8 heteroatoms. The van der Waals surface area contributed by atoms with Gasteiger partial charge in [-0.25, -0.2) is 4.39 Å². The number of fused-ring (bicyclic) bond motifs is 1. The second kappa shape index (κ2) is 9.17. The molecule has 3 N–H and O–H groups in total. The van der Waals surface area contributed by atoms with Gasteiger partial charge in [0.2, 0.25) is 0 Å². The van der Waals surface area contributed by atoms with Gasteiger partial charge in [-0.1, -0.05) is 12.1 Å². The Morgan fingerprint density at radius 1 is 1.28 bits per heavy atom. The third-order valence-corrected chi connectivity index (χ3v) is 6.19. The fourth-order valence-corrected chi connectivity index (χ4v) is 4.25. The Kier molecular flexibility index (Phi) is 6.33. The van der Waals surface area contributed by atoms with Crippen LogP contribution in [0.25, 0.3) is 10.9 Å². The number of aliphatic hydroxyl groups is 2. The molecule has 1 aliphatic rings. The Balaban J connectivity index is 1.63. The predicted octanol–water partition coefficient (Wildman–Crippen LogP) is 3.09. The lowest BCUT2D eigenvalue weighted by molar-refractivity contribution is -0.0316. The fraction of sp³-hybridized carbons (Fsp3) is 0.375. The summed E-state index contributed by atoms with van der Waals surface area (Å²) in [5.74, 6) is -0.528. The maximum Gasteiger partial charge on any atom is 0.146 e. The molecule has 0 spiro atoms. The first-order valence-corrected chi connectivity index (χ1v) is 10.7. The quantitative estimate of drug-likeness (QED) is 0.546. The van der Waals surface area contributed by atoms with Crippen molar-refractivity contribution in [2.75, 3.05) is 31.6 Å². The lowest BCUT2D eigenvalue weighted by atomic mass is 9.87. The molecule has 32 heavy (non-hydrogen) atoms. The highest BCUT2D eigenvalue weighted by Crippen LogP contribution is 2.35. The zero-order valence-electron chi connectivity index (χ0n) is 17.9. The molecule has 3 aromatic rings. The molecule has 7 nitrogen and oxygen atoms in total. The summed E-state index contributed by atoms with van der Waals surface area (Å²) in [6, 6.07) is 9.92. The van der Waals surface area contributed by atoms with Crippen molar-refractivity contribution in [2.24, 2.45) is 0 Å². The molecule has 166 valence electrons. The molecule has 1 aliphatic heterocycles. The van der Waals surface area contributed by atoms with E-state index < -0.39 is 17.5 Å². The Hall–Kier alpha value is -3.12. The molecule has 1 saturated heterocycles. The van der Waals surface area contributed by atoms with Crippen LogP contribution < -0.4 is 5.32 Å². The highest BCUT2D eigenvalue weighted by molar-refractivity contribution is 5.91. The van der Waals surface area contributed by atoms with Crippen LogP contribution in [0.4, 0.5) is 10.1 Å². The van der Waals surface area contributed by atoms with Gasteiger partial charge >= 0.3 is 0 Å². The minimum atomic E-state index is -1.05. The van der Waals surface area contributed by atoms with E-state index in [0.717, 1.165) is 11.1 Å². The molecular formula is C24H26FN5O2. The molecule has 0 unspecified atom stereocenters. The first kappa shape index (κ1) is 22.1. The van der Waals surface area contributed by atoms with Crippen molar-refractivity contribution in [3.05, 3.63) is 65.4 Å². The van der Waals surface area contributed by atoms with E-state index in [1.807, 2.05) is 25.1 Å². The summed E-state index contributed by atoms with van der Waals surface area (Å²) in [6.45, 7) is 3.89. The van der Waals surface area contributed by atoms with Crippen LogP contribution in [-0.2, 0) is 5.60 Å². The summed E-state index contributed by atoms with van der Waals surface area (Å²) < 4.78 is 14.6. The summed E-state index contributed by atoms with van der Waals surface area (Å²) in [6.07, 6.45) is 4.35. The molecule has 1 fully saturated rings. The average Bonchev–Trinajstić information content (AvgIpc) is 2.81. The number of pyridine rings is 2. The summed E-state index contributed by atoms with van der Waals surface area (Å²) in [4.78, 5) is 11.0. The molecule has 1 aromatic carbocycles. The average molecular weight is 436 g/mol. The van der Waals surface area contributed by atoms with Gasteiger partial charge in [0.05, 0.1) is 35.6 Å². The summed E-state index contributed by atoms with van der Waals surface area (Å²) >= 11 is 0. The van der Waals surface area contributed by atoms with Gasteiger partial charge < -0.3 is 20.4 Å². The Morgan fingerprint density at radius 2 is 2.06 bits per heavy atom. The lowest BCUT2D eigenvalue weighted by Crippen LogP contribution is -2.43. The zero-order valence-corrected chi connectivity index (χ0v) is 17.9. The van der Waals surface area contributed by atoms with Gasteiger partial charge in [-0.2, -0.15) is 5.26 Å². The number of nitrogens with one attached hydrogen (secondary N) is 1. The van der Waals surface area contributed by atoms with Crippen molar-refractivity contribution < 1.29 is 14.6 Å². The number of nitriles is 1. The SMILES string of the molecule is C[C@@H](Nc1ccnc2cnc(C3(O)CCN(CCO)CC3)cc12)c1cccc(C#N)c1F. The minimum absolute atomic E-state index is 0.0111. The van der Waals surface area contributed by atoms with Crippen molar-refractivity contribution in [2.45, 2.75) is 31.4 Å². The van der Waals surface area contributed by atoms with E-state index >= 15 is 0 Å². The number of hydrogen-bond acceptors (Lipinski definition) is 7. The Labute approximate surface area is 186 Å². The monoisotopic (exact) mass is 435 g/mol. The van der Waals surface area contributed by atoms with E-state index in [-0.39, 0.29) is 12.2 Å². The maximum atomic E-state index is 14.6. The topological polar surface area (TPSA) is 105 Å². The van der Waals surface area contributed by atoms with Crippen molar-refractivity contribution >= 4 is 16.6 Å². The predicted molar refractivity (Wildman–Crippen MR) is 119 cm³/mol. The second-order valence-electron chi connectivity index (χ2n) is 8.23. The summed E-state index contributed by atoms with van der Waals surface area (Å²) in [7, 11) is 0. The molecule has 0 aliphatic carbocycles. The van der Waals surface area contributed by atoms with Crippen molar-refractivity contribution in [1.82, 2.24) is 14.9 Å². The third kappa shape index (κ3) is 4.28.